The van der Waals surface area contributed by atoms with Crippen molar-refractivity contribution in [2.24, 2.45) is 0 Å². The van der Waals surface area contributed by atoms with Crippen LogP contribution in [0.25, 0.3) is 10.8 Å². The average Bonchev–Trinajstić information content (AvgIpc) is 2.47. The van der Waals surface area contributed by atoms with Gasteiger partial charge in [-0.2, -0.15) is 0 Å². The van der Waals surface area contributed by atoms with Gasteiger partial charge in [-0.05, 0) is 36.8 Å². The van der Waals surface area contributed by atoms with Gasteiger partial charge in [0.1, 0.15) is 12.1 Å². The fourth-order valence-corrected chi connectivity index (χ4v) is 2.60. The molecule has 3 rings (SSSR count). The van der Waals surface area contributed by atoms with Crippen molar-refractivity contribution < 1.29 is 4.79 Å². The summed E-state index contributed by atoms with van der Waals surface area (Å²) in [6.45, 7) is 2.13. The monoisotopic (exact) mass is 240 g/mol. The van der Waals surface area contributed by atoms with E-state index in [1.54, 1.807) is 0 Å². The molecule has 92 valence electrons. The Morgan fingerprint density at radius 1 is 1.11 bits per heavy atom. The molecular weight excluding hydrogens is 224 g/mol. The Labute approximate surface area is 106 Å². The Morgan fingerprint density at radius 3 is 2.72 bits per heavy atom. The van der Waals surface area contributed by atoms with E-state index in [1.807, 2.05) is 30.5 Å². The predicted octanol–water partition coefficient (Wildman–Crippen LogP) is 3.04. The molecule has 0 amide bonds. The lowest BCUT2D eigenvalue weighted by molar-refractivity contribution is 0.112. The van der Waals surface area contributed by atoms with E-state index in [4.69, 9.17) is 0 Å². The Bertz CT molecular complexity index is 574. The zero-order valence-corrected chi connectivity index (χ0v) is 10.3. The lowest BCUT2D eigenvalue weighted by Crippen LogP contribution is -2.30. The highest BCUT2D eigenvalue weighted by Gasteiger charge is 2.14. The van der Waals surface area contributed by atoms with Crippen LogP contribution in [0, 0.1) is 0 Å². The smallest absolute Gasteiger partial charge is 0.150 e. The summed E-state index contributed by atoms with van der Waals surface area (Å²) in [4.78, 5) is 17.8. The molecule has 0 unspecified atom stereocenters. The van der Waals surface area contributed by atoms with Gasteiger partial charge in [0.2, 0.25) is 0 Å². The molecule has 0 radical (unpaired) electrons. The van der Waals surface area contributed by atoms with E-state index in [1.165, 1.54) is 19.3 Å². The molecule has 1 aromatic heterocycles. The van der Waals surface area contributed by atoms with Crippen LogP contribution in [0.5, 0.6) is 0 Å². The molecule has 2 heterocycles. The van der Waals surface area contributed by atoms with Gasteiger partial charge in [0.25, 0.3) is 0 Å². The summed E-state index contributed by atoms with van der Waals surface area (Å²) < 4.78 is 0. The fourth-order valence-electron chi connectivity index (χ4n) is 2.60. The quantitative estimate of drug-likeness (QED) is 0.756. The van der Waals surface area contributed by atoms with Crippen molar-refractivity contribution >= 4 is 22.9 Å². The lowest BCUT2D eigenvalue weighted by Gasteiger charge is -2.28. The van der Waals surface area contributed by atoms with Gasteiger partial charge < -0.3 is 4.90 Å². The molecule has 1 fully saturated rings. The van der Waals surface area contributed by atoms with E-state index in [-0.39, 0.29) is 0 Å². The van der Waals surface area contributed by atoms with Crippen LogP contribution in [-0.2, 0) is 0 Å². The summed E-state index contributed by atoms with van der Waals surface area (Å²) in [7, 11) is 0. The Kier molecular flexibility index (Phi) is 2.97. The van der Waals surface area contributed by atoms with Crippen molar-refractivity contribution in [1.29, 1.82) is 0 Å². The number of anilines is 1. The molecule has 18 heavy (non-hydrogen) atoms. The van der Waals surface area contributed by atoms with Crippen molar-refractivity contribution in [1.82, 2.24) is 4.98 Å². The van der Waals surface area contributed by atoms with E-state index in [0.717, 1.165) is 36.0 Å². The number of hydrogen-bond donors (Lipinski definition) is 0. The number of aromatic nitrogens is 1. The highest BCUT2D eigenvalue weighted by atomic mass is 16.1. The van der Waals surface area contributed by atoms with Crippen molar-refractivity contribution in [2.45, 2.75) is 19.3 Å². The Morgan fingerprint density at radius 2 is 1.94 bits per heavy atom. The maximum Gasteiger partial charge on any atom is 0.150 e. The summed E-state index contributed by atoms with van der Waals surface area (Å²) in [5, 5.41) is 2.24. The predicted molar refractivity (Wildman–Crippen MR) is 73.2 cm³/mol. The molecule has 0 atom stereocenters. The maximum atomic E-state index is 10.9. The average molecular weight is 240 g/mol. The minimum Gasteiger partial charge on any atom is -0.356 e. The van der Waals surface area contributed by atoms with Crippen LogP contribution in [0.4, 0.5) is 5.82 Å². The minimum absolute atomic E-state index is 0.716. The highest BCUT2D eigenvalue weighted by molar-refractivity contribution is 5.95. The van der Waals surface area contributed by atoms with Crippen molar-refractivity contribution in [2.75, 3.05) is 18.0 Å². The summed E-state index contributed by atoms with van der Waals surface area (Å²) in [5.74, 6) is 1.02. The first kappa shape index (κ1) is 11.2. The summed E-state index contributed by atoms with van der Waals surface area (Å²) >= 11 is 0. The fraction of sp³-hybridized carbons (Fsp3) is 0.333. The standard InChI is InChI=1S/C15H16N2O/c18-11-12-4-5-13-6-7-16-15(14(13)10-12)17-8-2-1-3-9-17/h4-7,10-11H,1-3,8-9H2. The van der Waals surface area contributed by atoms with Gasteiger partial charge in [0, 0.05) is 30.2 Å². The molecule has 0 saturated carbocycles. The largest absolute Gasteiger partial charge is 0.356 e. The van der Waals surface area contributed by atoms with Crippen molar-refractivity contribution in [3.8, 4) is 0 Å². The van der Waals surface area contributed by atoms with Crippen LogP contribution < -0.4 is 4.90 Å². The second-order valence-electron chi connectivity index (χ2n) is 4.78. The van der Waals surface area contributed by atoms with E-state index in [0.29, 0.717) is 5.56 Å². The van der Waals surface area contributed by atoms with Gasteiger partial charge in [-0.15, -0.1) is 0 Å². The molecule has 1 aliphatic rings. The zero-order valence-electron chi connectivity index (χ0n) is 10.3. The van der Waals surface area contributed by atoms with Gasteiger partial charge in [0.15, 0.2) is 0 Å². The second kappa shape index (κ2) is 4.77. The van der Waals surface area contributed by atoms with Crippen LogP contribution in [0.2, 0.25) is 0 Å². The van der Waals surface area contributed by atoms with Crippen molar-refractivity contribution in [3.63, 3.8) is 0 Å². The molecule has 1 saturated heterocycles. The van der Waals surface area contributed by atoms with E-state index in [2.05, 4.69) is 9.88 Å². The van der Waals surface area contributed by atoms with E-state index >= 15 is 0 Å². The Balaban J connectivity index is 2.11. The number of benzene rings is 1. The second-order valence-corrected chi connectivity index (χ2v) is 4.78. The Hall–Kier alpha value is -1.90. The first-order valence-corrected chi connectivity index (χ1v) is 6.47. The van der Waals surface area contributed by atoms with Gasteiger partial charge in [-0.25, -0.2) is 4.98 Å². The summed E-state index contributed by atoms with van der Waals surface area (Å²) in [6.07, 6.45) is 6.51. The van der Waals surface area contributed by atoms with Crippen molar-refractivity contribution in [3.05, 3.63) is 36.0 Å². The van der Waals surface area contributed by atoms with Crippen LogP contribution in [-0.4, -0.2) is 24.4 Å². The summed E-state index contributed by atoms with van der Waals surface area (Å²) in [6, 6.07) is 7.79. The highest BCUT2D eigenvalue weighted by Crippen LogP contribution is 2.27. The van der Waals surface area contributed by atoms with Crippen LogP contribution in [0.1, 0.15) is 29.6 Å². The molecule has 2 aromatic rings. The van der Waals surface area contributed by atoms with Crippen LogP contribution in [0.15, 0.2) is 30.5 Å². The van der Waals surface area contributed by atoms with Gasteiger partial charge >= 0.3 is 0 Å². The number of carbonyl (C=O) groups is 1. The zero-order chi connectivity index (χ0) is 12.4. The normalized spacial score (nSPS) is 15.9. The number of nitrogens with zero attached hydrogens (tertiary/aromatic N) is 2. The van der Waals surface area contributed by atoms with Gasteiger partial charge in [-0.3, -0.25) is 4.79 Å². The topological polar surface area (TPSA) is 33.2 Å². The minimum atomic E-state index is 0.716. The SMILES string of the molecule is O=Cc1ccc2ccnc(N3CCCCC3)c2c1. The lowest BCUT2D eigenvalue weighted by atomic mass is 10.1. The van der Waals surface area contributed by atoms with E-state index in [9.17, 15) is 4.79 Å². The number of fused-ring (bicyclic) bond motifs is 1. The number of carbonyl (C=O) groups excluding carboxylic acids is 1. The molecule has 0 spiro atoms. The third-order valence-corrected chi connectivity index (χ3v) is 3.56. The third kappa shape index (κ3) is 1.96. The molecule has 3 nitrogen and oxygen atoms in total. The van der Waals surface area contributed by atoms with Crippen LogP contribution in [0.3, 0.4) is 0 Å². The molecule has 0 N–H and O–H groups in total. The number of rotatable bonds is 2. The molecular formula is C15H16N2O. The van der Waals surface area contributed by atoms with E-state index < -0.39 is 0 Å². The number of hydrogen-bond acceptors (Lipinski definition) is 3. The summed E-state index contributed by atoms with van der Waals surface area (Å²) in [5.41, 5.74) is 0.716. The number of aldehydes is 1. The van der Waals surface area contributed by atoms with Gasteiger partial charge in [-0.1, -0.05) is 12.1 Å². The molecule has 3 heteroatoms. The first-order valence-electron chi connectivity index (χ1n) is 6.47. The molecule has 1 aliphatic heterocycles. The number of pyridine rings is 1. The van der Waals surface area contributed by atoms with Gasteiger partial charge in [0.05, 0.1) is 0 Å². The molecule has 0 bridgehead atoms. The van der Waals surface area contributed by atoms with Crippen LogP contribution >= 0.6 is 0 Å². The molecule has 1 aromatic carbocycles. The first-order chi connectivity index (χ1) is 8.88. The molecule has 0 aliphatic carbocycles. The third-order valence-electron chi connectivity index (χ3n) is 3.56. The number of piperidine rings is 1. The maximum absolute atomic E-state index is 10.9.